The summed E-state index contributed by atoms with van der Waals surface area (Å²) in [6.45, 7) is 8.93. The van der Waals surface area contributed by atoms with Crippen molar-refractivity contribution in [3.63, 3.8) is 0 Å². The predicted molar refractivity (Wildman–Crippen MR) is 132 cm³/mol. The second-order valence-corrected chi connectivity index (χ2v) is 10.6. The van der Waals surface area contributed by atoms with Crippen molar-refractivity contribution in [2.75, 3.05) is 33.2 Å². The van der Waals surface area contributed by atoms with E-state index in [0.717, 1.165) is 13.0 Å². The van der Waals surface area contributed by atoms with E-state index in [4.69, 9.17) is 25.8 Å². The van der Waals surface area contributed by atoms with Crippen molar-refractivity contribution in [1.29, 1.82) is 0 Å². The lowest BCUT2D eigenvalue weighted by atomic mass is 9.82. The Kier molecular flexibility index (Phi) is 8.57. The largest absolute Gasteiger partial charge is 0.493 e. The molecule has 1 aromatic rings. The Labute approximate surface area is 207 Å². The lowest BCUT2D eigenvalue weighted by molar-refractivity contribution is -0.123. The van der Waals surface area contributed by atoms with Gasteiger partial charge in [-0.05, 0) is 62.8 Å². The summed E-state index contributed by atoms with van der Waals surface area (Å²) in [7, 11) is 3.27. The Hall–Kier alpha value is -2.19. The Morgan fingerprint density at radius 1 is 1.15 bits per heavy atom. The fourth-order valence-electron chi connectivity index (χ4n) is 4.76. The van der Waals surface area contributed by atoms with E-state index in [9.17, 15) is 9.59 Å². The molecule has 2 aliphatic rings. The van der Waals surface area contributed by atoms with Crippen molar-refractivity contribution in [2.45, 2.75) is 70.7 Å². The van der Waals surface area contributed by atoms with E-state index in [1.165, 1.54) is 11.1 Å². The van der Waals surface area contributed by atoms with E-state index < -0.39 is 11.7 Å². The zero-order valence-corrected chi connectivity index (χ0v) is 21.8. The summed E-state index contributed by atoms with van der Waals surface area (Å²) in [4.78, 5) is 27.7. The molecule has 0 aromatic heterocycles. The van der Waals surface area contributed by atoms with Gasteiger partial charge in [-0.25, -0.2) is 4.79 Å². The maximum atomic E-state index is 12.7. The minimum absolute atomic E-state index is 0.0589. The number of hydrogen-bond acceptors (Lipinski definition) is 6. The number of nitrogens with one attached hydrogen (secondary N) is 2. The highest BCUT2D eigenvalue weighted by molar-refractivity contribution is 6.18. The number of benzene rings is 1. The number of methoxy groups -OCH3 is 2. The quantitative estimate of drug-likeness (QED) is 0.561. The number of hydrogen-bond donors (Lipinski definition) is 2. The fraction of sp³-hybridized carbons (Fsp3) is 0.680. The number of halogens is 1. The van der Waals surface area contributed by atoms with Gasteiger partial charge in [0.15, 0.2) is 11.5 Å². The monoisotopic (exact) mass is 495 g/mol. The molecule has 0 spiro atoms. The smallest absolute Gasteiger partial charge is 0.407 e. The van der Waals surface area contributed by atoms with E-state index in [0.29, 0.717) is 36.8 Å². The van der Waals surface area contributed by atoms with Crippen molar-refractivity contribution in [1.82, 2.24) is 15.5 Å². The van der Waals surface area contributed by atoms with Gasteiger partial charge in [-0.1, -0.05) is 6.92 Å². The SMILES string of the molecule is COc1cc2c(cc1OC)C1CC(NC(=O)OC(C)(C)C)C(NC(=O)CC(C)CCl)CN1CC2. The standard InChI is InChI=1S/C25H38ClN3O5/c1-15(13-26)9-23(30)27-19-14-29-8-7-16-10-21(32-5)22(33-6)11-17(16)20(29)12-18(19)28-24(31)34-25(2,3)4/h10-11,15,18-20H,7-9,12-14H2,1-6H3,(H,27,30)(H,28,31). The number of ether oxygens (including phenoxy) is 3. The molecule has 8 nitrogen and oxygen atoms in total. The third-order valence-corrected chi connectivity index (χ3v) is 6.88. The predicted octanol–water partition coefficient (Wildman–Crippen LogP) is 3.65. The number of alkyl carbamates (subject to hydrolysis) is 1. The molecule has 1 saturated heterocycles. The minimum atomic E-state index is -0.610. The van der Waals surface area contributed by atoms with Gasteiger partial charge in [0, 0.05) is 31.4 Å². The molecule has 190 valence electrons. The van der Waals surface area contributed by atoms with Crippen LogP contribution in [0, 0.1) is 5.92 Å². The number of piperidine rings is 1. The van der Waals surface area contributed by atoms with E-state index in [-0.39, 0.29) is 30.0 Å². The molecule has 2 amide bonds. The summed E-state index contributed by atoms with van der Waals surface area (Å²) in [6.07, 6.45) is 1.38. The Balaban J connectivity index is 1.85. The highest BCUT2D eigenvalue weighted by Crippen LogP contribution is 2.42. The minimum Gasteiger partial charge on any atom is -0.493 e. The van der Waals surface area contributed by atoms with Crippen molar-refractivity contribution in [3.8, 4) is 11.5 Å². The number of fused-ring (bicyclic) bond motifs is 3. The lowest BCUT2D eigenvalue weighted by Crippen LogP contribution is -2.62. The molecular weight excluding hydrogens is 458 g/mol. The summed E-state index contributed by atoms with van der Waals surface area (Å²) in [5.41, 5.74) is 1.77. The normalized spacial score (nSPS) is 23.2. The second-order valence-electron chi connectivity index (χ2n) is 10.3. The molecule has 2 N–H and O–H groups in total. The van der Waals surface area contributed by atoms with Crippen molar-refractivity contribution < 1.29 is 23.8 Å². The van der Waals surface area contributed by atoms with Crippen molar-refractivity contribution in [2.24, 2.45) is 5.92 Å². The number of rotatable bonds is 7. The average Bonchev–Trinajstić information content (AvgIpc) is 2.76. The maximum absolute atomic E-state index is 12.7. The van der Waals surface area contributed by atoms with Crippen LogP contribution in [0.2, 0.25) is 0 Å². The summed E-state index contributed by atoms with van der Waals surface area (Å²) in [6, 6.07) is 3.64. The molecular formula is C25H38ClN3O5. The van der Waals surface area contributed by atoms with Crippen LogP contribution in [-0.4, -0.2) is 67.8 Å². The van der Waals surface area contributed by atoms with E-state index in [2.05, 4.69) is 15.5 Å². The van der Waals surface area contributed by atoms with E-state index in [1.807, 2.05) is 39.8 Å². The lowest BCUT2D eigenvalue weighted by Gasteiger charge is -2.47. The molecule has 0 bridgehead atoms. The van der Waals surface area contributed by atoms with Gasteiger partial charge < -0.3 is 24.8 Å². The van der Waals surface area contributed by atoms with Crippen LogP contribution in [0.15, 0.2) is 12.1 Å². The van der Waals surface area contributed by atoms with Crippen LogP contribution in [0.1, 0.15) is 57.7 Å². The van der Waals surface area contributed by atoms with Crippen molar-refractivity contribution >= 4 is 23.6 Å². The number of nitrogens with zero attached hydrogens (tertiary/aromatic N) is 1. The van der Waals surface area contributed by atoms with Crippen LogP contribution in [0.25, 0.3) is 0 Å². The van der Waals surface area contributed by atoms with Gasteiger partial charge in [-0.2, -0.15) is 0 Å². The first kappa shape index (κ1) is 26.4. The van der Waals surface area contributed by atoms with Gasteiger partial charge in [-0.3, -0.25) is 9.69 Å². The first-order chi connectivity index (χ1) is 16.0. The Morgan fingerprint density at radius 2 is 1.82 bits per heavy atom. The molecule has 2 aliphatic heterocycles. The van der Waals surface area contributed by atoms with Gasteiger partial charge in [0.05, 0.1) is 26.3 Å². The molecule has 1 aromatic carbocycles. The highest BCUT2D eigenvalue weighted by atomic mass is 35.5. The third kappa shape index (κ3) is 6.48. The number of carbonyl (C=O) groups is 2. The molecule has 4 unspecified atom stereocenters. The number of alkyl halides is 1. The van der Waals surface area contributed by atoms with Gasteiger partial charge >= 0.3 is 6.09 Å². The Bertz CT molecular complexity index is 888. The molecule has 0 radical (unpaired) electrons. The molecule has 3 rings (SSSR count). The summed E-state index contributed by atoms with van der Waals surface area (Å²) < 4.78 is 16.6. The van der Waals surface area contributed by atoms with Gasteiger partial charge in [0.2, 0.25) is 5.91 Å². The van der Waals surface area contributed by atoms with Crippen LogP contribution >= 0.6 is 11.6 Å². The first-order valence-electron chi connectivity index (χ1n) is 11.9. The van der Waals surface area contributed by atoms with Gasteiger partial charge in [0.1, 0.15) is 5.60 Å². The van der Waals surface area contributed by atoms with E-state index in [1.54, 1.807) is 14.2 Å². The average molecular weight is 496 g/mol. The molecule has 0 saturated carbocycles. The second kappa shape index (κ2) is 11.0. The topological polar surface area (TPSA) is 89.1 Å². The highest BCUT2D eigenvalue weighted by Gasteiger charge is 2.41. The van der Waals surface area contributed by atoms with Gasteiger partial charge in [-0.15, -0.1) is 11.6 Å². The summed E-state index contributed by atoms with van der Waals surface area (Å²) in [5.74, 6) is 1.85. The van der Waals surface area contributed by atoms with Crippen LogP contribution in [-0.2, 0) is 16.0 Å². The molecule has 4 atom stereocenters. The summed E-state index contributed by atoms with van der Waals surface area (Å²) in [5, 5.41) is 6.17. The maximum Gasteiger partial charge on any atom is 0.407 e. The third-order valence-electron chi connectivity index (χ3n) is 6.35. The van der Waals surface area contributed by atoms with Crippen LogP contribution in [0.3, 0.4) is 0 Å². The molecule has 1 fully saturated rings. The zero-order valence-electron chi connectivity index (χ0n) is 21.1. The first-order valence-corrected chi connectivity index (χ1v) is 12.4. The zero-order chi connectivity index (χ0) is 25.0. The molecule has 2 heterocycles. The molecule has 34 heavy (non-hydrogen) atoms. The summed E-state index contributed by atoms with van der Waals surface area (Å²) >= 11 is 5.90. The van der Waals surface area contributed by atoms with Crippen LogP contribution < -0.4 is 20.1 Å². The fourth-order valence-corrected chi connectivity index (χ4v) is 4.87. The van der Waals surface area contributed by atoms with Crippen LogP contribution in [0.4, 0.5) is 4.79 Å². The number of carbonyl (C=O) groups excluding carboxylic acids is 2. The van der Waals surface area contributed by atoms with Gasteiger partial charge in [0.25, 0.3) is 0 Å². The van der Waals surface area contributed by atoms with E-state index >= 15 is 0 Å². The van der Waals surface area contributed by atoms with Crippen LogP contribution in [0.5, 0.6) is 11.5 Å². The number of amides is 2. The molecule has 9 heteroatoms. The Morgan fingerprint density at radius 3 is 2.44 bits per heavy atom. The van der Waals surface area contributed by atoms with Crippen molar-refractivity contribution in [3.05, 3.63) is 23.3 Å². The molecule has 0 aliphatic carbocycles.